The highest BCUT2D eigenvalue weighted by molar-refractivity contribution is 5.93. The van der Waals surface area contributed by atoms with Crippen molar-refractivity contribution in [1.29, 1.82) is 0 Å². The van der Waals surface area contributed by atoms with Gasteiger partial charge in [-0.1, -0.05) is 12.1 Å². The molecule has 8 nitrogen and oxygen atoms in total. The second kappa shape index (κ2) is 9.21. The molecule has 4 rings (SSSR count). The summed E-state index contributed by atoms with van der Waals surface area (Å²) in [5, 5.41) is 3.99. The number of methoxy groups -OCH3 is 1. The Morgan fingerprint density at radius 1 is 1.03 bits per heavy atom. The fraction of sp³-hybridized carbons (Fsp3) is 0.333. The Bertz CT molecular complexity index is 1120. The van der Waals surface area contributed by atoms with Gasteiger partial charge in [-0.2, -0.15) is 0 Å². The molecule has 1 N–H and O–H groups in total. The van der Waals surface area contributed by atoms with Crippen molar-refractivity contribution >= 4 is 34.2 Å². The third-order valence-corrected chi connectivity index (χ3v) is 5.82. The summed E-state index contributed by atoms with van der Waals surface area (Å²) in [6, 6.07) is 15.6. The van der Waals surface area contributed by atoms with Gasteiger partial charge >= 0.3 is 6.03 Å². The zero-order valence-corrected chi connectivity index (χ0v) is 18.7. The molecule has 1 aromatic heterocycles. The van der Waals surface area contributed by atoms with Crippen molar-refractivity contribution < 1.29 is 14.3 Å². The molecule has 2 aromatic carbocycles. The lowest BCUT2D eigenvalue weighted by Crippen LogP contribution is -2.50. The van der Waals surface area contributed by atoms with Crippen molar-refractivity contribution in [2.45, 2.75) is 6.54 Å². The normalized spacial score (nSPS) is 13.8. The SMILES string of the molecule is COc1ccccc1N1CCN(C(=O)Nc2ccc3c(ccn3CC(=O)N(C)C)c2)CC1. The molecular weight excluding hydrogens is 406 g/mol. The highest BCUT2D eigenvalue weighted by atomic mass is 16.5. The minimum absolute atomic E-state index is 0.0344. The smallest absolute Gasteiger partial charge is 0.321 e. The van der Waals surface area contributed by atoms with Crippen LogP contribution in [-0.4, -0.2) is 73.7 Å². The van der Waals surface area contributed by atoms with Crippen molar-refractivity contribution in [2.75, 3.05) is 57.6 Å². The van der Waals surface area contributed by atoms with Gasteiger partial charge in [-0.15, -0.1) is 0 Å². The number of carbonyl (C=O) groups excluding carboxylic acids is 2. The summed E-state index contributed by atoms with van der Waals surface area (Å²) < 4.78 is 7.38. The lowest BCUT2D eigenvalue weighted by Gasteiger charge is -2.36. The molecule has 0 saturated carbocycles. The number of hydrogen-bond acceptors (Lipinski definition) is 4. The molecule has 0 spiro atoms. The average molecular weight is 436 g/mol. The molecule has 1 aliphatic heterocycles. The first-order chi connectivity index (χ1) is 15.5. The molecule has 32 heavy (non-hydrogen) atoms. The van der Waals surface area contributed by atoms with Crippen LogP contribution in [0.4, 0.5) is 16.2 Å². The molecular formula is C24H29N5O3. The predicted molar refractivity (Wildman–Crippen MR) is 126 cm³/mol. The Labute approximate surface area is 187 Å². The number of rotatable bonds is 5. The van der Waals surface area contributed by atoms with E-state index in [1.54, 1.807) is 26.1 Å². The zero-order chi connectivity index (χ0) is 22.7. The maximum Gasteiger partial charge on any atom is 0.321 e. The number of fused-ring (bicyclic) bond motifs is 1. The average Bonchev–Trinajstić information content (AvgIpc) is 3.20. The van der Waals surface area contributed by atoms with Gasteiger partial charge in [-0.3, -0.25) is 4.79 Å². The third-order valence-electron chi connectivity index (χ3n) is 5.82. The van der Waals surface area contributed by atoms with E-state index in [2.05, 4.69) is 10.2 Å². The number of piperazine rings is 1. The topological polar surface area (TPSA) is 70.0 Å². The van der Waals surface area contributed by atoms with E-state index in [0.29, 0.717) is 19.6 Å². The summed E-state index contributed by atoms with van der Waals surface area (Å²) >= 11 is 0. The monoisotopic (exact) mass is 435 g/mol. The van der Waals surface area contributed by atoms with E-state index < -0.39 is 0 Å². The summed E-state index contributed by atoms with van der Waals surface area (Å²) in [5.41, 5.74) is 2.76. The maximum absolute atomic E-state index is 12.8. The number of para-hydroxylation sites is 2. The summed E-state index contributed by atoms with van der Waals surface area (Å²) in [4.78, 5) is 30.5. The lowest BCUT2D eigenvalue weighted by atomic mass is 10.2. The van der Waals surface area contributed by atoms with Crippen LogP contribution in [0.5, 0.6) is 5.75 Å². The molecule has 0 unspecified atom stereocenters. The quantitative estimate of drug-likeness (QED) is 0.669. The van der Waals surface area contributed by atoms with Crippen LogP contribution in [0.1, 0.15) is 0 Å². The van der Waals surface area contributed by atoms with Crippen LogP contribution < -0.4 is 15.0 Å². The molecule has 0 aliphatic carbocycles. The lowest BCUT2D eigenvalue weighted by molar-refractivity contribution is -0.129. The van der Waals surface area contributed by atoms with Crippen LogP contribution in [-0.2, 0) is 11.3 Å². The highest BCUT2D eigenvalue weighted by Crippen LogP contribution is 2.28. The fourth-order valence-corrected chi connectivity index (χ4v) is 3.95. The van der Waals surface area contributed by atoms with Crippen LogP contribution in [0.2, 0.25) is 0 Å². The molecule has 3 amide bonds. The van der Waals surface area contributed by atoms with E-state index in [4.69, 9.17) is 4.74 Å². The minimum Gasteiger partial charge on any atom is -0.495 e. The number of aromatic nitrogens is 1. The summed E-state index contributed by atoms with van der Waals surface area (Å²) in [5.74, 6) is 0.880. The Balaban J connectivity index is 1.37. The summed E-state index contributed by atoms with van der Waals surface area (Å²) in [6.45, 7) is 3.05. The van der Waals surface area contributed by atoms with Crippen LogP contribution in [0.15, 0.2) is 54.7 Å². The van der Waals surface area contributed by atoms with E-state index in [1.807, 2.05) is 64.2 Å². The van der Waals surface area contributed by atoms with Gasteiger partial charge in [0.2, 0.25) is 5.91 Å². The second-order valence-electron chi connectivity index (χ2n) is 8.08. The first-order valence-corrected chi connectivity index (χ1v) is 10.7. The number of likely N-dealkylation sites (N-methyl/N-ethyl adjacent to an activating group) is 1. The molecule has 1 aliphatic rings. The van der Waals surface area contributed by atoms with E-state index in [9.17, 15) is 9.59 Å². The van der Waals surface area contributed by atoms with Gasteiger partial charge in [-0.25, -0.2) is 4.79 Å². The first-order valence-electron chi connectivity index (χ1n) is 10.7. The number of urea groups is 1. The van der Waals surface area contributed by atoms with E-state index in [-0.39, 0.29) is 11.9 Å². The molecule has 1 saturated heterocycles. The number of anilines is 2. The van der Waals surface area contributed by atoms with Crippen molar-refractivity contribution in [3.05, 3.63) is 54.7 Å². The van der Waals surface area contributed by atoms with Crippen molar-refractivity contribution in [2.24, 2.45) is 0 Å². The zero-order valence-electron chi connectivity index (χ0n) is 18.7. The molecule has 8 heteroatoms. The van der Waals surface area contributed by atoms with Gasteiger partial charge in [0.25, 0.3) is 0 Å². The van der Waals surface area contributed by atoms with Crippen LogP contribution in [0.3, 0.4) is 0 Å². The summed E-state index contributed by atoms with van der Waals surface area (Å²) in [6.07, 6.45) is 1.90. The Kier molecular flexibility index (Phi) is 6.20. The molecule has 168 valence electrons. The van der Waals surface area contributed by atoms with Gasteiger partial charge < -0.3 is 29.3 Å². The number of nitrogens with one attached hydrogen (secondary N) is 1. The molecule has 0 radical (unpaired) electrons. The van der Waals surface area contributed by atoms with Gasteiger partial charge in [0.1, 0.15) is 12.3 Å². The number of carbonyl (C=O) groups is 2. The molecule has 0 atom stereocenters. The largest absolute Gasteiger partial charge is 0.495 e. The standard InChI is InChI=1S/C24H29N5O3/c1-26(2)23(30)17-29-11-10-18-16-19(8-9-20(18)29)25-24(31)28-14-12-27(13-15-28)21-6-4-5-7-22(21)32-3/h4-11,16H,12-15,17H2,1-3H3,(H,25,31). The molecule has 1 fully saturated rings. The van der Waals surface area contributed by atoms with Crippen LogP contribution in [0.25, 0.3) is 10.9 Å². The molecule has 0 bridgehead atoms. The second-order valence-corrected chi connectivity index (χ2v) is 8.08. The van der Waals surface area contributed by atoms with Gasteiger partial charge in [-0.05, 0) is 36.4 Å². The van der Waals surface area contributed by atoms with E-state index in [0.717, 1.165) is 41.1 Å². The van der Waals surface area contributed by atoms with Crippen molar-refractivity contribution in [1.82, 2.24) is 14.4 Å². The maximum atomic E-state index is 12.8. The number of ether oxygens (including phenoxy) is 1. The first kappa shape index (κ1) is 21.5. The minimum atomic E-state index is -0.105. The number of nitrogens with zero attached hydrogens (tertiary/aromatic N) is 4. The Hall–Kier alpha value is -3.68. The van der Waals surface area contributed by atoms with Crippen LogP contribution in [0, 0.1) is 0 Å². The highest BCUT2D eigenvalue weighted by Gasteiger charge is 2.23. The van der Waals surface area contributed by atoms with Gasteiger partial charge in [0.15, 0.2) is 0 Å². The third kappa shape index (κ3) is 4.49. The van der Waals surface area contributed by atoms with Gasteiger partial charge in [0, 0.05) is 63.1 Å². The van der Waals surface area contributed by atoms with E-state index >= 15 is 0 Å². The Morgan fingerprint density at radius 2 is 1.78 bits per heavy atom. The number of hydrogen-bond donors (Lipinski definition) is 1. The van der Waals surface area contributed by atoms with Crippen molar-refractivity contribution in [3.63, 3.8) is 0 Å². The molecule has 3 aromatic rings. The number of amides is 3. The Morgan fingerprint density at radius 3 is 2.50 bits per heavy atom. The van der Waals surface area contributed by atoms with Gasteiger partial charge in [0.05, 0.1) is 12.8 Å². The fourth-order valence-electron chi connectivity index (χ4n) is 3.95. The molecule has 2 heterocycles. The number of benzene rings is 2. The predicted octanol–water partition coefficient (Wildman–Crippen LogP) is 3.09. The van der Waals surface area contributed by atoms with Crippen molar-refractivity contribution in [3.8, 4) is 5.75 Å². The van der Waals surface area contributed by atoms with E-state index in [1.165, 1.54) is 0 Å². The van der Waals surface area contributed by atoms with Crippen LogP contribution >= 0.6 is 0 Å². The summed E-state index contributed by atoms with van der Waals surface area (Å²) in [7, 11) is 5.17.